The van der Waals surface area contributed by atoms with Gasteiger partial charge in [0, 0.05) is 32.7 Å². The topological polar surface area (TPSA) is 53.8 Å². The SMILES string of the molecule is NCC1(NN2CCOCC2)CCN2CCC1C2. The van der Waals surface area contributed by atoms with Crippen LogP contribution in [0.5, 0.6) is 0 Å². The normalized spacial score (nSPS) is 42.9. The lowest BCUT2D eigenvalue weighted by atomic mass is 9.79. The van der Waals surface area contributed by atoms with Gasteiger partial charge in [-0.2, -0.15) is 0 Å². The lowest BCUT2D eigenvalue weighted by Crippen LogP contribution is -2.66. The van der Waals surface area contributed by atoms with E-state index in [4.69, 9.17) is 10.5 Å². The van der Waals surface area contributed by atoms with Crippen molar-refractivity contribution < 1.29 is 4.74 Å². The molecule has 3 unspecified atom stereocenters. The monoisotopic (exact) mass is 240 g/mol. The molecule has 0 aromatic heterocycles. The molecule has 3 aliphatic rings. The van der Waals surface area contributed by atoms with Crippen LogP contribution in [-0.2, 0) is 4.74 Å². The summed E-state index contributed by atoms with van der Waals surface area (Å²) in [4.78, 5) is 2.57. The van der Waals surface area contributed by atoms with Gasteiger partial charge in [0.2, 0.25) is 0 Å². The van der Waals surface area contributed by atoms with Gasteiger partial charge >= 0.3 is 0 Å². The van der Waals surface area contributed by atoms with Crippen LogP contribution < -0.4 is 11.2 Å². The average Bonchev–Trinajstić information content (AvgIpc) is 2.79. The van der Waals surface area contributed by atoms with Crippen LogP contribution in [0.1, 0.15) is 12.8 Å². The van der Waals surface area contributed by atoms with E-state index in [1.165, 1.54) is 32.5 Å². The number of piperidine rings is 1. The molecular weight excluding hydrogens is 216 g/mol. The van der Waals surface area contributed by atoms with Crippen molar-refractivity contribution in [3.8, 4) is 0 Å². The van der Waals surface area contributed by atoms with Gasteiger partial charge in [-0.25, -0.2) is 10.4 Å². The van der Waals surface area contributed by atoms with Gasteiger partial charge in [-0.05, 0) is 25.3 Å². The summed E-state index contributed by atoms with van der Waals surface area (Å²) in [5.74, 6) is 0.726. The highest BCUT2D eigenvalue weighted by atomic mass is 16.5. The maximum atomic E-state index is 6.10. The van der Waals surface area contributed by atoms with Crippen LogP contribution in [0.25, 0.3) is 0 Å². The quantitative estimate of drug-likeness (QED) is 0.679. The van der Waals surface area contributed by atoms with Gasteiger partial charge in [-0.1, -0.05) is 0 Å². The number of nitrogens with two attached hydrogens (primary N) is 1. The summed E-state index contributed by atoms with van der Waals surface area (Å²) >= 11 is 0. The van der Waals surface area contributed by atoms with E-state index in [9.17, 15) is 0 Å². The molecule has 3 aliphatic heterocycles. The Kier molecular flexibility index (Phi) is 3.36. The summed E-state index contributed by atoms with van der Waals surface area (Å²) in [5, 5.41) is 2.32. The zero-order valence-corrected chi connectivity index (χ0v) is 10.5. The van der Waals surface area contributed by atoms with Crippen LogP contribution in [-0.4, -0.2) is 67.9 Å². The highest BCUT2D eigenvalue weighted by Crippen LogP contribution is 2.35. The molecule has 17 heavy (non-hydrogen) atoms. The van der Waals surface area contributed by atoms with Crippen molar-refractivity contribution in [1.29, 1.82) is 0 Å². The smallest absolute Gasteiger partial charge is 0.0608 e. The highest BCUT2D eigenvalue weighted by Gasteiger charge is 2.46. The minimum atomic E-state index is 0.143. The Morgan fingerprint density at radius 3 is 2.82 bits per heavy atom. The van der Waals surface area contributed by atoms with Gasteiger partial charge in [0.05, 0.1) is 18.8 Å². The largest absolute Gasteiger partial charge is 0.379 e. The van der Waals surface area contributed by atoms with Crippen molar-refractivity contribution in [3.63, 3.8) is 0 Å². The zero-order valence-electron chi connectivity index (χ0n) is 10.5. The molecule has 5 nitrogen and oxygen atoms in total. The molecule has 0 aromatic rings. The van der Waals surface area contributed by atoms with Gasteiger partial charge in [-0.15, -0.1) is 0 Å². The molecule has 3 N–H and O–H groups in total. The number of rotatable bonds is 3. The predicted octanol–water partition coefficient (Wildman–Crippen LogP) is -0.754. The fourth-order valence-electron chi connectivity index (χ4n) is 3.50. The molecule has 2 bridgehead atoms. The van der Waals surface area contributed by atoms with E-state index < -0.39 is 0 Å². The third-order valence-corrected chi connectivity index (χ3v) is 4.68. The first-order valence-corrected chi connectivity index (χ1v) is 6.85. The Bertz CT molecular complexity index is 269. The molecule has 0 aromatic carbocycles. The van der Waals surface area contributed by atoms with Crippen molar-refractivity contribution in [1.82, 2.24) is 15.3 Å². The molecule has 3 fully saturated rings. The second-order valence-corrected chi connectivity index (χ2v) is 5.61. The summed E-state index contributed by atoms with van der Waals surface area (Å²) in [6.45, 7) is 8.09. The van der Waals surface area contributed by atoms with E-state index in [1.807, 2.05) is 0 Å². The molecular formula is C12H24N4O. The summed E-state index contributed by atoms with van der Waals surface area (Å²) in [5.41, 5.74) is 9.99. The summed E-state index contributed by atoms with van der Waals surface area (Å²) < 4.78 is 5.40. The van der Waals surface area contributed by atoms with Crippen molar-refractivity contribution >= 4 is 0 Å². The molecule has 3 saturated heterocycles. The minimum absolute atomic E-state index is 0.143. The summed E-state index contributed by atoms with van der Waals surface area (Å²) in [7, 11) is 0. The molecule has 0 saturated carbocycles. The Balaban J connectivity index is 1.68. The number of hydrogen-bond donors (Lipinski definition) is 2. The van der Waals surface area contributed by atoms with E-state index in [0.717, 1.165) is 38.8 Å². The minimum Gasteiger partial charge on any atom is -0.379 e. The van der Waals surface area contributed by atoms with Gasteiger partial charge in [0.25, 0.3) is 0 Å². The van der Waals surface area contributed by atoms with E-state index in [0.29, 0.717) is 0 Å². The van der Waals surface area contributed by atoms with Crippen LogP contribution in [0.4, 0.5) is 0 Å². The first kappa shape index (κ1) is 11.9. The number of hydrogen-bond acceptors (Lipinski definition) is 5. The molecule has 3 heterocycles. The van der Waals surface area contributed by atoms with E-state index >= 15 is 0 Å². The predicted molar refractivity (Wildman–Crippen MR) is 66.5 cm³/mol. The second kappa shape index (κ2) is 4.82. The number of nitrogens with one attached hydrogen (secondary N) is 1. The van der Waals surface area contributed by atoms with E-state index in [1.54, 1.807) is 0 Å². The fourth-order valence-corrected chi connectivity index (χ4v) is 3.50. The number of ether oxygens (including phenoxy) is 1. The van der Waals surface area contributed by atoms with Crippen molar-refractivity contribution in [2.24, 2.45) is 11.7 Å². The Hall–Kier alpha value is -0.200. The fraction of sp³-hybridized carbons (Fsp3) is 1.00. The maximum absolute atomic E-state index is 6.10. The van der Waals surface area contributed by atoms with E-state index in [2.05, 4.69) is 15.3 Å². The molecule has 0 spiro atoms. The number of fused-ring (bicyclic) bond motifs is 2. The summed E-state index contributed by atoms with van der Waals surface area (Å²) in [6, 6.07) is 0. The first-order chi connectivity index (χ1) is 8.32. The second-order valence-electron chi connectivity index (χ2n) is 5.61. The Morgan fingerprint density at radius 2 is 2.06 bits per heavy atom. The van der Waals surface area contributed by atoms with Gasteiger partial charge in [-0.3, -0.25) is 0 Å². The van der Waals surface area contributed by atoms with Crippen LogP contribution in [0, 0.1) is 5.92 Å². The zero-order chi connectivity index (χ0) is 11.7. The van der Waals surface area contributed by atoms with Crippen molar-refractivity contribution in [3.05, 3.63) is 0 Å². The number of hydrazine groups is 1. The van der Waals surface area contributed by atoms with Crippen LogP contribution >= 0.6 is 0 Å². The molecule has 3 atom stereocenters. The number of nitrogens with zero attached hydrogens (tertiary/aromatic N) is 2. The standard InChI is InChI=1S/C12H24N4O/c13-10-12(14-16-5-7-17-8-6-16)2-4-15-3-1-11(12)9-15/h11,14H,1-10,13H2. The van der Waals surface area contributed by atoms with Gasteiger partial charge in [0.1, 0.15) is 0 Å². The molecule has 3 rings (SSSR count). The van der Waals surface area contributed by atoms with Crippen LogP contribution in [0.15, 0.2) is 0 Å². The molecule has 0 radical (unpaired) electrons. The summed E-state index contributed by atoms with van der Waals surface area (Å²) in [6.07, 6.45) is 2.49. The van der Waals surface area contributed by atoms with Gasteiger partial charge in [0.15, 0.2) is 0 Å². The lowest BCUT2D eigenvalue weighted by molar-refractivity contribution is -0.0313. The molecule has 0 amide bonds. The lowest BCUT2D eigenvalue weighted by Gasteiger charge is -2.46. The van der Waals surface area contributed by atoms with Gasteiger partial charge < -0.3 is 15.4 Å². The molecule has 98 valence electrons. The third kappa shape index (κ3) is 2.22. The van der Waals surface area contributed by atoms with Crippen molar-refractivity contribution in [2.75, 3.05) is 52.5 Å². The maximum Gasteiger partial charge on any atom is 0.0608 e. The van der Waals surface area contributed by atoms with E-state index in [-0.39, 0.29) is 5.54 Å². The first-order valence-electron chi connectivity index (χ1n) is 6.85. The molecule has 5 heteroatoms. The highest BCUT2D eigenvalue weighted by molar-refractivity contribution is 5.03. The third-order valence-electron chi connectivity index (χ3n) is 4.68. The number of morpholine rings is 1. The average molecular weight is 240 g/mol. The van der Waals surface area contributed by atoms with Crippen LogP contribution in [0.3, 0.4) is 0 Å². The van der Waals surface area contributed by atoms with Crippen LogP contribution in [0.2, 0.25) is 0 Å². The molecule has 0 aliphatic carbocycles. The van der Waals surface area contributed by atoms with Crippen molar-refractivity contribution in [2.45, 2.75) is 18.4 Å². The Labute approximate surface area is 103 Å². The Morgan fingerprint density at radius 1 is 1.24 bits per heavy atom.